The van der Waals surface area contributed by atoms with Gasteiger partial charge in [-0.05, 0) is 31.2 Å². The predicted octanol–water partition coefficient (Wildman–Crippen LogP) is 2.10. The first-order valence-electron chi connectivity index (χ1n) is 5.87. The average Bonchev–Trinajstić information content (AvgIpc) is 2.41. The van der Waals surface area contributed by atoms with E-state index in [9.17, 15) is 0 Å². The number of halogens is 1. The molecule has 0 radical (unpaired) electrons. The number of hydrogen-bond donors (Lipinski definition) is 3. The van der Waals surface area contributed by atoms with Gasteiger partial charge in [0.05, 0.1) is 5.69 Å². The molecule has 6 N–H and O–H groups in total. The number of benzene rings is 1. The minimum Gasteiger partial charge on any atom is -0.383 e. The highest BCUT2D eigenvalue weighted by Gasteiger charge is 2.11. The van der Waals surface area contributed by atoms with Gasteiger partial charge in [0.15, 0.2) is 0 Å². The fourth-order valence-corrected chi connectivity index (χ4v) is 1.86. The quantitative estimate of drug-likeness (QED) is 0.781. The summed E-state index contributed by atoms with van der Waals surface area (Å²) < 4.78 is 0. The third-order valence-corrected chi connectivity index (χ3v) is 2.75. The van der Waals surface area contributed by atoms with Crippen molar-refractivity contribution in [2.45, 2.75) is 13.3 Å². The lowest BCUT2D eigenvalue weighted by Crippen LogP contribution is -2.06. The maximum absolute atomic E-state index is 5.90. The van der Waals surface area contributed by atoms with Gasteiger partial charge in [-0.25, -0.2) is 4.98 Å². The normalized spacial score (nSPS) is 9.68. The SMILES string of the molecule is CCc1nc(N)nc(N)c1-c1ccc(Cl)cc1.CN. The van der Waals surface area contributed by atoms with Crippen molar-refractivity contribution in [3.05, 3.63) is 35.0 Å². The molecule has 0 aliphatic carbocycles. The van der Waals surface area contributed by atoms with Crippen LogP contribution in [0, 0.1) is 0 Å². The van der Waals surface area contributed by atoms with Crippen LogP contribution >= 0.6 is 11.6 Å². The predicted molar refractivity (Wildman–Crippen MR) is 80.8 cm³/mol. The van der Waals surface area contributed by atoms with E-state index in [0.717, 1.165) is 23.2 Å². The molecule has 6 heteroatoms. The Morgan fingerprint density at radius 2 is 1.63 bits per heavy atom. The molecule has 0 spiro atoms. The molecule has 2 rings (SSSR count). The topological polar surface area (TPSA) is 104 Å². The molecule has 1 aromatic heterocycles. The lowest BCUT2D eigenvalue weighted by atomic mass is 10.0. The van der Waals surface area contributed by atoms with Gasteiger partial charge < -0.3 is 17.2 Å². The van der Waals surface area contributed by atoms with Gasteiger partial charge in [-0.1, -0.05) is 30.7 Å². The van der Waals surface area contributed by atoms with Crippen LogP contribution in [0.2, 0.25) is 5.02 Å². The van der Waals surface area contributed by atoms with Crippen molar-refractivity contribution in [1.29, 1.82) is 0 Å². The van der Waals surface area contributed by atoms with Crippen molar-refractivity contribution < 1.29 is 0 Å². The molecule has 0 aliphatic heterocycles. The Bertz CT molecular complexity index is 539. The van der Waals surface area contributed by atoms with Crippen LogP contribution in [0.15, 0.2) is 24.3 Å². The van der Waals surface area contributed by atoms with Crippen LogP contribution in [0.5, 0.6) is 0 Å². The Labute approximate surface area is 117 Å². The van der Waals surface area contributed by atoms with E-state index in [2.05, 4.69) is 15.7 Å². The van der Waals surface area contributed by atoms with Gasteiger partial charge in [0, 0.05) is 10.6 Å². The van der Waals surface area contributed by atoms with E-state index in [4.69, 9.17) is 23.1 Å². The highest BCUT2D eigenvalue weighted by molar-refractivity contribution is 6.30. The molecular weight excluding hydrogens is 262 g/mol. The van der Waals surface area contributed by atoms with Crippen LogP contribution in [-0.2, 0) is 6.42 Å². The van der Waals surface area contributed by atoms with Gasteiger partial charge >= 0.3 is 0 Å². The second kappa shape index (κ2) is 6.92. The van der Waals surface area contributed by atoms with E-state index in [1.165, 1.54) is 7.05 Å². The third-order valence-electron chi connectivity index (χ3n) is 2.50. The molecule has 0 bridgehead atoms. The first-order valence-corrected chi connectivity index (χ1v) is 6.25. The van der Waals surface area contributed by atoms with E-state index >= 15 is 0 Å². The van der Waals surface area contributed by atoms with Gasteiger partial charge in [-0.3, -0.25) is 0 Å². The molecule has 0 saturated carbocycles. The Hall–Kier alpha value is -1.85. The van der Waals surface area contributed by atoms with Crippen LogP contribution in [0.25, 0.3) is 11.1 Å². The number of nitrogen functional groups attached to an aromatic ring is 2. The molecule has 0 unspecified atom stereocenters. The highest BCUT2D eigenvalue weighted by atomic mass is 35.5. The summed E-state index contributed by atoms with van der Waals surface area (Å²) >= 11 is 5.86. The van der Waals surface area contributed by atoms with Crippen LogP contribution in [-0.4, -0.2) is 17.0 Å². The molecule has 19 heavy (non-hydrogen) atoms. The lowest BCUT2D eigenvalue weighted by Gasteiger charge is -2.10. The Morgan fingerprint density at radius 1 is 1.05 bits per heavy atom. The first-order chi connectivity index (χ1) is 9.11. The highest BCUT2D eigenvalue weighted by Crippen LogP contribution is 2.29. The summed E-state index contributed by atoms with van der Waals surface area (Å²) in [5.41, 5.74) is 18.6. The van der Waals surface area contributed by atoms with Gasteiger partial charge in [-0.15, -0.1) is 0 Å². The number of nitrogens with zero attached hydrogens (tertiary/aromatic N) is 2. The average molecular weight is 280 g/mol. The second-order valence-electron chi connectivity index (χ2n) is 3.65. The smallest absolute Gasteiger partial charge is 0.222 e. The third kappa shape index (κ3) is 3.56. The molecular formula is C13H18ClN5. The van der Waals surface area contributed by atoms with Crippen molar-refractivity contribution in [3.8, 4) is 11.1 Å². The second-order valence-corrected chi connectivity index (χ2v) is 4.09. The molecule has 0 fully saturated rings. The fourth-order valence-electron chi connectivity index (χ4n) is 1.73. The zero-order valence-electron chi connectivity index (χ0n) is 11.0. The van der Waals surface area contributed by atoms with Crippen molar-refractivity contribution in [2.75, 3.05) is 18.5 Å². The van der Waals surface area contributed by atoms with Crippen LogP contribution in [0.1, 0.15) is 12.6 Å². The van der Waals surface area contributed by atoms with Gasteiger partial charge in [0.2, 0.25) is 5.95 Å². The monoisotopic (exact) mass is 279 g/mol. The Balaban J connectivity index is 0.000000861. The van der Waals surface area contributed by atoms with E-state index in [-0.39, 0.29) is 5.95 Å². The summed E-state index contributed by atoms with van der Waals surface area (Å²) in [6, 6.07) is 7.41. The van der Waals surface area contributed by atoms with Crippen molar-refractivity contribution in [2.24, 2.45) is 5.73 Å². The summed E-state index contributed by atoms with van der Waals surface area (Å²) in [6.45, 7) is 2.00. The minimum absolute atomic E-state index is 0.206. The summed E-state index contributed by atoms with van der Waals surface area (Å²) in [5, 5.41) is 0.682. The van der Waals surface area contributed by atoms with Gasteiger partial charge in [0.25, 0.3) is 0 Å². The first kappa shape index (κ1) is 15.2. The van der Waals surface area contributed by atoms with Crippen molar-refractivity contribution in [3.63, 3.8) is 0 Å². The molecule has 1 aromatic carbocycles. The number of hydrogen-bond acceptors (Lipinski definition) is 5. The molecule has 0 atom stereocenters. The number of aryl methyl sites for hydroxylation is 1. The maximum Gasteiger partial charge on any atom is 0.222 e. The lowest BCUT2D eigenvalue weighted by molar-refractivity contribution is 1.02. The number of nitrogens with two attached hydrogens (primary N) is 3. The van der Waals surface area contributed by atoms with Crippen molar-refractivity contribution in [1.82, 2.24) is 9.97 Å². The largest absolute Gasteiger partial charge is 0.383 e. The maximum atomic E-state index is 5.90. The molecule has 2 aromatic rings. The Kier molecular flexibility index (Phi) is 5.54. The minimum atomic E-state index is 0.206. The molecule has 0 amide bonds. The van der Waals surface area contributed by atoms with Crippen LogP contribution in [0.4, 0.5) is 11.8 Å². The number of aromatic nitrogens is 2. The van der Waals surface area contributed by atoms with Crippen molar-refractivity contribution >= 4 is 23.4 Å². The molecule has 5 nitrogen and oxygen atoms in total. The van der Waals surface area contributed by atoms with Crippen LogP contribution in [0.3, 0.4) is 0 Å². The van der Waals surface area contributed by atoms with Crippen LogP contribution < -0.4 is 17.2 Å². The van der Waals surface area contributed by atoms with E-state index in [1.807, 2.05) is 31.2 Å². The van der Waals surface area contributed by atoms with E-state index < -0.39 is 0 Å². The van der Waals surface area contributed by atoms with Gasteiger partial charge in [0.1, 0.15) is 5.82 Å². The molecule has 0 aliphatic rings. The fraction of sp³-hybridized carbons (Fsp3) is 0.231. The molecule has 0 saturated heterocycles. The zero-order valence-corrected chi connectivity index (χ0v) is 11.8. The van der Waals surface area contributed by atoms with Gasteiger partial charge in [-0.2, -0.15) is 4.98 Å². The summed E-state index contributed by atoms with van der Waals surface area (Å²) in [4.78, 5) is 8.20. The summed E-state index contributed by atoms with van der Waals surface area (Å²) in [5.74, 6) is 0.605. The standard InChI is InChI=1S/C12H13ClN4.CH5N/c1-2-9-10(11(14)17-12(15)16-9)7-3-5-8(13)6-4-7;1-2/h3-6H,2H2,1H3,(H4,14,15,16,17);2H2,1H3. The zero-order chi connectivity index (χ0) is 14.4. The van der Waals surface area contributed by atoms with E-state index in [0.29, 0.717) is 10.8 Å². The number of rotatable bonds is 2. The molecule has 1 heterocycles. The summed E-state index contributed by atoms with van der Waals surface area (Å²) in [7, 11) is 1.50. The summed E-state index contributed by atoms with van der Waals surface area (Å²) in [6.07, 6.45) is 0.745. The Morgan fingerprint density at radius 3 is 2.16 bits per heavy atom. The molecule has 102 valence electrons. The van der Waals surface area contributed by atoms with E-state index in [1.54, 1.807) is 0 Å². The number of anilines is 2.